The zero-order valence-electron chi connectivity index (χ0n) is 18.5. The van der Waals surface area contributed by atoms with Crippen molar-refractivity contribution in [2.45, 2.75) is 19.9 Å². The number of nitro groups is 2. The monoisotopic (exact) mass is 494 g/mol. The maximum absolute atomic E-state index is 13.5. The molecule has 1 aliphatic heterocycles. The first-order chi connectivity index (χ1) is 16.7. The van der Waals surface area contributed by atoms with Gasteiger partial charge in [-0.05, 0) is 31.1 Å². The van der Waals surface area contributed by atoms with Gasteiger partial charge < -0.3 is 4.74 Å². The first-order valence-electron chi connectivity index (χ1n) is 10.4. The van der Waals surface area contributed by atoms with Gasteiger partial charge in [0.25, 0.3) is 16.9 Å². The van der Waals surface area contributed by atoms with Crippen LogP contribution < -0.4 is 14.9 Å². The number of fused-ring (bicyclic) bond motifs is 1. The van der Waals surface area contributed by atoms with Crippen LogP contribution in [0.15, 0.2) is 69.6 Å². The van der Waals surface area contributed by atoms with Crippen molar-refractivity contribution in [1.82, 2.24) is 4.57 Å². The molecule has 35 heavy (non-hydrogen) atoms. The molecule has 178 valence electrons. The molecule has 0 N–H and O–H groups in total. The fourth-order valence-electron chi connectivity index (χ4n) is 3.79. The molecule has 11 nitrogen and oxygen atoms in total. The number of hydrogen-bond donors (Lipinski definition) is 0. The average molecular weight is 494 g/mol. The summed E-state index contributed by atoms with van der Waals surface area (Å²) in [6.07, 6.45) is 1.50. The normalized spacial score (nSPS) is 15.4. The molecule has 0 aliphatic carbocycles. The number of aromatic nitrogens is 1. The van der Waals surface area contributed by atoms with Gasteiger partial charge in [0.2, 0.25) is 0 Å². The van der Waals surface area contributed by atoms with Gasteiger partial charge in [-0.2, -0.15) is 0 Å². The van der Waals surface area contributed by atoms with Crippen molar-refractivity contribution >= 4 is 34.8 Å². The molecule has 0 saturated carbocycles. The fourth-order valence-corrected chi connectivity index (χ4v) is 4.84. The van der Waals surface area contributed by atoms with Crippen LogP contribution in [-0.2, 0) is 9.53 Å². The molecule has 0 radical (unpaired) electrons. The number of non-ortho nitro benzene ring substituents is 2. The summed E-state index contributed by atoms with van der Waals surface area (Å²) in [5.74, 6) is -0.682. The Morgan fingerprint density at radius 2 is 1.80 bits per heavy atom. The van der Waals surface area contributed by atoms with Crippen LogP contribution in [0.5, 0.6) is 0 Å². The molecule has 0 saturated heterocycles. The van der Waals surface area contributed by atoms with Gasteiger partial charge in [0.1, 0.15) is 0 Å². The van der Waals surface area contributed by atoms with E-state index in [2.05, 4.69) is 4.99 Å². The van der Waals surface area contributed by atoms with Gasteiger partial charge in [0.15, 0.2) is 4.80 Å². The van der Waals surface area contributed by atoms with Gasteiger partial charge >= 0.3 is 5.97 Å². The second-order valence-corrected chi connectivity index (χ2v) is 8.52. The Morgan fingerprint density at radius 1 is 1.14 bits per heavy atom. The van der Waals surface area contributed by atoms with E-state index >= 15 is 0 Å². The van der Waals surface area contributed by atoms with Gasteiger partial charge in [0, 0.05) is 24.3 Å². The molecular formula is C23H18N4O7S. The van der Waals surface area contributed by atoms with E-state index in [0.29, 0.717) is 16.8 Å². The SMILES string of the molecule is CCOC(=O)C1=C(C)N=c2sc(=Cc3cccc([N+](=O)[O-])c3)c(=O)n2C1c1cccc([N+](=O)[O-])c1. The second-order valence-electron chi connectivity index (χ2n) is 7.51. The Hall–Kier alpha value is -4.45. The maximum Gasteiger partial charge on any atom is 0.338 e. The van der Waals surface area contributed by atoms with E-state index in [1.807, 2.05) is 0 Å². The van der Waals surface area contributed by atoms with E-state index in [4.69, 9.17) is 4.74 Å². The van der Waals surface area contributed by atoms with E-state index in [9.17, 15) is 29.8 Å². The van der Waals surface area contributed by atoms with Crippen molar-refractivity contribution in [3.05, 3.63) is 111 Å². The molecule has 12 heteroatoms. The van der Waals surface area contributed by atoms with Crippen molar-refractivity contribution in [1.29, 1.82) is 0 Å². The molecular weight excluding hydrogens is 476 g/mol. The molecule has 0 fully saturated rings. The van der Waals surface area contributed by atoms with Crippen LogP contribution in [0.4, 0.5) is 11.4 Å². The topological polar surface area (TPSA) is 147 Å². The zero-order valence-corrected chi connectivity index (χ0v) is 19.4. The third kappa shape index (κ3) is 4.51. The van der Waals surface area contributed by atoms with Crippen LogP contribution in [0.3, 0.4) is 0 Å². The van der Waals surface area contributed by atoms with E-state index in [0.717, 1.165) is 11.3 Å². The number of carbonyl (C=O) groups excluding carboxylic acids is 1. The summed E-state index contributed by atoms with van der Waals surface area (Å²) in [5.41, 5.74) is 0.397. The van der Waals surface area contributed by atoms with Crippen molar-refractivity contribution in [2.75, 3.05) is 6.61 Å². The molecule has 0 bridgehead atoms. The molecule has 1 aliphatic rings. The van der Waals surface area contributed by atoms with E-state index in [1.54, 1.807) is 26.0 Å². The first kappa shape index (κ1) is 23.7. The van der Waals surface area contributed by atoms with Gasteiger partial charge in [0.05, 0.1) is 38.3 Å². The highest BCUT2D eigenvalue weighted by Crippen LogP contribution is 2.32. The summed E-state index contributed by atoms with van der Waals surface area (Å²) in [5, 5.41) is 22.5. The van der Waals surface area contributed by atoms with Gasteiger partial charge in [-0.3, -0.25) is 29.6 Å². The number of nitro benzene ring substituents is 2. The predicted octanol–water partition coefficient (Wildman–Crippen LogP) is 2.61. The second kappa shape index (κ2) is 9.43. The number of esters is 1. The number of allylic oxidation sites excluding steroid dienone is 1. The summed E-state index contributed by atoms with van der Waals surface area (Å²) < 4.78 is 6.73. The number of nitrogens with zero attached hydrogens (tertiary/aromatic N) is 4. The largest absolute Gasteiger partial charge is 0.463 e. The molecule has 0 spiro atoms. The van der Waals surface area contributed by atoms with Crippen molar-refractivity contribution < 1.29 is 19.4 Å². The van der Waals surface area contributed by atoms with Gasteiger partial charge in [-0.15, -0.1) is 0 Å². The number of carbonyl (C=O) groups is 1. The van der Waals surface area contributed by atoms with Crippen LogP contribution in [0.25, 0.3) is 6.08 Å². The molecule has 4 rings (SSSR count). The summed E-state index contributed by atoms with van der Waals surface area (Å²) >= 11 is 1.05. The Morgan fingerprint density at radius 3 is 2.46 bits per heavy atom. The number of thiazole rings is 1. The first-order valence-corrected chi connectivity index (χ1v) is 11.2. The highest BCUT2D eigenvalue weighted by Gasteiger charge is 2.34. The Bertz CT molecular complexity index is 1590. The Labute approximate surface area is 201 Å². The van der Waals surface area contributed by atoms with Crippen LogP contribution >= 0.6 is 11.3 Å². The molecule has 2 heterocycles. The van der Waals surface area contributed by atoms with E-state index in [-0.39, 0.29) is 32.9 Å². The third-order valence-electron chi connectivity index (χ3n) is 5.29. The molecule has 0 amide bonds. The zero-order chi connectivity index (χ0) is 25.3. The number of ether oxygens (including phenoxy) is 1. The number of benzene rings is 2. The van der Waals surface area contributed by atoms with Crippen molar-refractivity contribution in [3.63, 3.8) is 0 Å². The highest BCUT2D eigenvalue weighted by atomic mass is 32.1. The van der Waals surface area contributed by atoms with Gasteiger partial charge in [-0.25, -0.2) is 9.79 Å². The smallest absolute Gasteiger partial charge is 0.338 e. The molecule has 2 aromatic carbocycles. The van der Waals surface area contributed by atoms with Crippen LogP contribution in [0.2, 0.25) is 0 Å². The van der Waals surface area contributed by atoms with E-state index < -0.39 is 27.4 Å². The Balaban J connectivity index is 1.96. The summed E-state index contributed by atoms with van der Waals surface area (Å²) in [7, 11) is 0. The van der Waals surface area contributed by atoms with Crippen molar-refractivity contribution in [2.24, 2.45) is 4.99 Å². The standard InChI is InChI=1S/C23H18N4O7S/c1-3-34-22(29)19-13(2)24-23-25(20(19)15-7-5-9-17(12-15)27(32)33)21(28)18(35-23)11-14-6-4-8-16(10-14)26(30)31/h4-12,20H,3H2,1-2H3. The summed E-state index contributed by atoms with van der Waals surface area (Å²) in [6.45, 7) is 3.34. The number of hydrogen-bond acceptors (Lipinski definition) is 9. The highest BCUT2D eigenvalue weighted by molar-refractivity contribution is 7.07. The minimum atomic E-state index is -1.00. The minimum Gasteiger partial charge on any atom is -0.463 e. The van der Waals surface area contributed by atoms with Gasteiger partial charge in [-0.1, -0.05) is 35.6 Å². The third-order valence-corrected chi connectivity index (χ3v) is 6.28. The van der Waals surface area contributed by atoms with Crippen molar-refractivity contribution in [3.8, 4) is 0 Å². The minimum absolute atomic E-state index is 0.0917. The van der Waals surface area contributed by atoms with Crippen LogP contribution in [-0.4, -0.2) is 27.0 Å². The molecule has 1 aromatic heterocycles. The van der Waals surface area contributed by atoms with Crippen LogP contribution in [0.1, 0.15) is 31.0 Å². The molecule has 1 unspecified atom stereocenters. The van der Waals surface area contributed by atoms with Crippen LogP contribution in [0, 0.1) is 20.2 Å². The lowest BCUT2D eigenvalue weighted by molar-refractivity contribution is -0.385. The summed E-state index contributed by atoms with van der Waals surface area (Å²) in [4.78, 5) is 52.5. The molecule has 3 aromatic rings. The van der Waals surface area contributed by atoms with E-state index in [1.165, 1.54) is 47.0 Å². The average Bonchev–Trinajstić information content (AvgIpc) is 3.12. The predicted molar refractivity (Wildman–Crippen MR) is 127 cm³/mol. The lowest BCUT2D eigenvalue weighted by atomic mass is 9.95. The molecule has 1 atom stereocenters. The lowest BCUT2D eigenvalue weighted by Crippen LogP contribution is -2.40. The fraction of sp³-hybridized carbons (Fsp3) is 0.174. The number of rotatable bonds is 6. The summed E-state index contributed by atoms with van der Waals surface area (Å²) in [6, 6.07) is 10.5. The lowest BCUT2D eigenvalue weighted by Gasteiger charge is -2.24. The maximum atomic E-state index is 13.5. The quantitative estimate of drug-likeness (QED) is 0.291. The Kier molecular flexibility index (Phi) is 6.38.